The fraction of sp³-hybridized carbons (Fsp3) is 0.500. The standard InChI is InChI=1S/C12H19N5O3S/c1-21-6-12(4-18,5-19)15-3-7-2-14-9-8(7)16-11(13)17-10(9)20/h2,14-15,18-19H,3-6H2,1H3,(H3,13,16,17,20). The summed E-state index contributed by atoms with van der Waals surface area (Å²) >= 11 is 1.52. The van der Waals surface area contributed by atoms with E-state index >= 15 is 0 Å². The van der Waals surface area contributed by atoms with E-state index in [2.05, 4.69) is 20.3 Å². The Hall–Kier alpha value is -1.55. The molecule has 2 aromatic rings. The molecule has 0 unspecified atom stereocenters. The molecule has 0 radical (unpaired) electrons. The predicted octanol–water partition coefficient (Wildman–Crippen LogP) is -0.991. The molecule has 2 heterocycles. The molecule has 0 atom stereocenters. The van der Waals surface area contributed by atoms with E-state index < -0.39 is 5.54 Å². The molecule has 0 saturated heterocycles. The number of aromatic amines is 2. The van der Waals surface area contributed by atoms with Crippen molar-refractivity contribution in [1.82, 2.24) is 20.3 Å². The molecule has 0 aliphatic carbocycles. The van der Waals surface area contributed by atoms with Gasteiger partial charge in [0.2, 0.25) is 5.95 Å². The van der Waals surface area contributed by atoms with Crippen LogP contribution in [0, 0.1) is 0 Å². The van der Waals surface area contributed by atoms with Crippen molar-refractivity contribution >= 4 is 28.7 Å². The minimum Gasteiger partial charge on any atom is -0.394 e. The molecule has 0 fully saturated rings. The highest BCUT2D eigenvalue weighted by Gasteiger charge is 2.28. The Balaban J connectivity index is 2.26. The minimum atomic E-state index is -0.782. The van der Waals surface area contributed by atoms with Gasteiger partial charge in [-0.25, -0.2) is 4.98 Å². The molecule has 8 nitrogen and oxygen atoms in total. The number of nitrogens with two attached hydrogens (primary N) is 1. The van der Waals surface area contributed by atoms with Crippen LogP contribution in [0.5, 0.6) is 0 Å². The van der Waals surface area contributed by atoms with E-state index in [-0.39, 0.29) is 24.7 Å². The first kappa shape index (κ1) is 15.8. The monoisotopic (exact) mass is 313 g/mol. The first-order chi connectivity index (χ1) is 10.0. The molecule has 0 amide bonds. The number of rotatable bonds is 7. The van der Waals surface area contributed by atoms with E-state index in [1.807, 2.05) is 6.26 Å². The van der Waals surface area contributed by atoms with E-state index in [0.717, 1.165) is 5.56 Å². The average molecular weight is 313 g/mol. The second kappa shape index (κ2) is 6.48. The molecule has 0 aliphatic heterocycles. The van der Waals surface area contributed by atoms with E-state index in [1.54, 1.807) is 6.20 Å². The number of thioether (sulfide) groups is 1. The zero-order valence-corrected chi connectivity index (χ0v) is 12.5. The number of aromatic nitrogens is 3. The Kier molecular flexibility index (Phi) is 4.88. The van der Waals surface area contributed by atoms with Crippen LogP contribution < -0.4 is 16.6 Å². The van der Waals surface area contributed by atoms with Crippen LogP contribution in [-0.2, 0) is 6.54 Å². The van der Waals surface area contributed by atoms with Crippen molar-refractivity contribution in [3.8, 4) is 0 Å². The van der Waals surface area contributed by atoms with Crippen LogP contribution in [0.25, 0.3) is 11.0 Å². The zero-order chi connectivity index (χ0) is 15.5. The highest BCUT2D eigenvalue weighted by molar-refractivity contribution is 7.98. The summed E-state index contributed by atoms with van der Waals surface area (Å²) in [6.07, 6.45) is 3.56. The number of anilines is 1. The van der Waals surface area contributed by atoms with Gasteiger partial charge in [-0.15, -0.1) is 0 Å². The van der Waals surface area contributed by atoms with Crippen LogP contribution in [0.1, 0.15) is 5.56 Å². The summed E-state index contributed by atoms with van der Waals surface area (Å²) in [5, 5.41) is 22.1. The summed E-state index contributed by atoms with van der Waals surface area (Å²) in [6, 6.07) is 0. The third-order valence-corrected chi connectivity index (χ3v) is 4.15. The van der Waals surface area contributed by atoms with Gasteiger partial charge in [0.25, 0.3) is 5.56 Å². The third-order valence-electron chi connectivity index (χ3n) is 3.31. The second-order valence-corrected chi connectivity index (χ2v) is 5.74. The van der Waals surface area contributed by atoms with Crippen LogP contribution in [0.2, 0.25) is 0 Å². The molecule has 0 saturated carbocycles. The molecule has 0 aliphatic rings. The number of H-pyrrole nitrogens is 2. The predicted molar refractivity (Wildman–Crippen MR) is 83.3 cm³/mol. The van der Waals surface area contributed by atoms with E-state index in [9.17, 15) is 15.0 Å². The van der Waals surface area contributed by atoms with Gasteiger partial charge in [0.15, 0.2) is 0 Å². The number of aliphatic hydroxyl groups is 2. The first-order valence-electron chi connectivity index (χ1n) is 6.36. The van der Waals surface area contributed by atoms with Crippen molar-refractivity contribution in [1.29, 1.82) is 0 Å². The molecule has 21 heavy (non-hydrogen) atoms. The summed E-state index contributed by atoms with van der Waals surface area (Å²) in [6.45, 7) is -0.0384. The van der Waals surface area contributed by atoms with Crippen molar-refractivity contribution in [2.75, 3.05) is 31.0 Å². The first-order valence-corrected chi connectivity index (χ1v) is 7.76. The number of nitrogen functional groups attached to an aromatic ring is 1. The molecule has 116 valence electrons. The quantitative estimate of drug-likeness (QED) is 0.385. The largest absolute Gasteiger partial charge is 0.394 e. The highest BCUT2D eigenvalue weighted by Crippen LogP contribution is 2.16. The number of nitrogens with one attached hydrogen (secondary N) is 3. The van der Waals surface area contributed by atoms with Gasteiger partial charge in [-0.3, -0.25) is 9.78 Å². The van der Waals surface area contributed by atoms with Crippen molar-refractivity contribution in [3.05, 3.63) is 22.1 Å². The smallest absolute Gasteiger partial charge is 0.276 e. The van der Waals surface area contributed by atoms with E-state index in [0.29, 0.717) is 23.3 Å². The van der Waals surface area contributed by atoms with Crippen LogP contribution in [-0.4, -0.2) is 55.9 Å². The molecule has 0 bridgehead atoms. The second-order valence-electron chi connectivity index (χ2n) is 4.87. The molecular formula is C12H19N5O3S. The molecule has 2 rings (SSSR count). The lowest BCUT2D eigenvalue weighted by atomic mass is 10.0. The Morgan fingerprint density at radius 2 is 2.19 bits per heavy atom. The summed E-state index contributed by atoms with van der Waals surface area (Å²) in [5.74, 6) is 0.603. The Bertz CT molecular complexity index is 664. The van der Waals surface area contributed by atoms with Gasteiger partial charge in [-0.1, -0.05) is 0 Å². The lowest BCUT2D eigenvalue weighted by Gasteiger charge is -2.30. The number of fused-ring (bicyclic) bond motifs is 1. The van der Waals surface area contributed by atoms with Gasteiger partial charge in [0.1, 0.15) is 11.0 Å². The fourth-order valence-electron chi connectivity index (χ4n) is 2.08. The highest BCUT2D eigenvalue weighted by atomic mass is 32.2. The summed E-state index contributed by atoms with van der Waals surface area (Å²) in [7, 11) is 0. The van der Waals surface area contributed by atoms with Gasteiger partial charge < -0.3 is 26.2 Å². The number of aliphatic hydroxyl groups excluding tert-OH is 2. The molecule has 9 heteroatoms. The average Bonchev–Trinajstić information content (AvgIpc) is 2.87. The van der Waals surface area contributed by atoms with Crippen molar-refractivity contribution < 1.29 is 10.2 Å². The van der Waals surface area contributed by atoms with Crippen molar-refractivity contribution in [2.24, 2.45) is 0 Å². The zero-order valence-electron chi connectivity index (χ0n) is 11.6. The molecule has 0 spiro atoms. The van der Waals surface area contributed by atoms with Gasteiger partial charge >= 0.3 is 0 Å². The summed E-state index contributed by atoms with van der Waals surface area (Å²) in [5.41, 5.74) is 6.02. The number of nitrogens with zero attached hydrogens (tertiary/aromatic N) is 1. The van der Waals surface area contributed by atoms with E-state index in [1.165, 1.54) is 11.8 Å². The Morgan fingerprint density at radius 1 is 1.48 bits per heavy atom. The maximum absolute atomic E-state index is 11.7. The molecule has 2 aromatic heterocycles. The summed E-state index contributed by atoms with van der Waals surface area (Å²) < 4.78 is 0. The Morgan fingerprint density at radius 3 is 2.81 bits per heavy atom. The molecule has 7 N–H and O–H groups in total. The van der Waals surface area contributed by atoms with Crippen molar-refractivity contribution in [2.45, 2.75) is 12.1 Å². The SMILES string of the molecule is CSCC(CO)(CO)NCc1c[nH]c2c(=O)[nH]c(N)nc12. The van der Waals surface area contributed by atoms with Crippen LogP contribution in [0.4, 0.5) is 5.95 Å². The lowest BCUT2D eigenvalue weighted by molar-refractivity contribution is 0.106. The van der Waals surface area contributed by atoms with Crippen molar-refractivity contribution in [3.63, 3.8) is 0 Å². The van der Waals surface area contributed by atoms with Gasteiger partial charge in [-0.2, -0.15) is 11.8 Å². The van der Waals surface area contributed by atoms with Crippen LogP contribution >= 0.6 is 11.8 Å². The fourth-order valence-corrected chi connectivity index (χ4v) is 2.92. The maximum Gasteiger partial charge on any atom is 0.276 e. The van der Waals surface area contributed by atoms with Crippen LogP contribution in [0.3, 0.4) is 0 Å². The lowest BCUT2D eigenvalue weighted by Crippen LogP contribution is -2.53. The van der Waals surface area contributed by atoms with Gasteiger partial charge in [0.05, 0.1) is 18.8 Å². The molecular weight excluding hydrogens is 294 g/mol. The summed E-state index contributed by atoms with van der Waals surface area (Å²) in [4.78, 5) is 21.1. The van der Waals surface area contributed by atoms with Crippen LogP contribution in [0.15, 0.2) is 11.0 Å². The minimum absolute atomic E-state index is 0.0491. The van der Waals surface area contributed by atoms with E-state index in [4.69, 9.17) is 5.73 Å². The Labute approximate surface area is 125 Å². The topological polar surface area (TPSA) is 140 Å². The number of hydrogen-bond acceptors (Lipinski definition) is 7. The van der Waals surface area contributed by atoms with Gasteiger partial charge in [0, 0.05) is 24.1 Å². The normalized spacial score (nSPS) is 12.1. The van der Waals surface area contributed by atoms with Gasteiger partial charge in [-0.05, 0) is 6.26 Å². The molecule has 0 aromatic carbocycles. The third kappa shape index (κ3) is 3.21. The number of hydrogen-bond donors (Lipinski definition) is 6. The maximum atomic E-state index is 11.7.